The van der Waals surface area contributed by atoms with E-state index in [2.05, 4.69) is 51.8 Å². The van der Waals surface area contributed by atoms with E-state index >= 15 is 0 Å². The third-order valence-electron chi connectivity index (χ3n) is 5.48. The van der Waals surface area contributed by atoms with Crippen molar-refractivity contribution in [1.82, 2.24) is 24.6 Å². The van der Waals surface area contributed by atoms with Gasteiger partial charge in [0, 0.05) is 30.7 Å². The first-order chi connectivity index (χ1) is 16.1. The molecule has 0 bridgehead atoms. The number of aryl methyl sites for hydroxylation is 2. The van der Waals surface area contributed by atoms with E-state index in [-0.39, 0.29) is 0 Å². The Balaban J connectivity index is 1.75. The number of aromatic nitrogens is 5. The number of hydrogen-bond acceptors (Lipinski definition) is 8. The summed E-state index contributed by atoms with van der Waals surface area (Å²) in [5.74, 6) is 2.39. The van der Waals surface area contributed by atoms with E-state index in [4.69, 9.17) is 14.1 Å². The van der Waals surface area contributed by atoms with Crippen molar-refractivity contribution < 1.29 is 9.15 Å². The largest absolute Gasteiger partial charge is 0.497 e. The number of methoxy groups -OCH3 is 1. The van der Waals surface area contributed by atoms with Gasteiger partial charge in [-0.15, -0.1) is 5.10 Å². The number of anilines is 3. The lowest BCUT2D eigenvalue weighted by atomic mass is 10.0. The predicted molar refractivity (Wildman–Crippen MR) is 127 cm³/mol. The Kier molecular flexibility index (Phi) is 5.14. The number of para-hydroxylation sites is 1. The fraction of sp³-hybridized carbons (Fsp3) is 0.167. The van der Waals surface area contributed by atoms with Gasteiger partial charge in [-0.25, -0.2) is 9.97 Å². The number of fused-ring (bicyclic) bond motifs is 1. The third kappa shape index (κ3) is 3.63. The normalized spacial score (nSPS) is 11.0. The average Bonchev–Trinajstić information content (AvgIpc) is 3.46. The minimum atomic E-state index is 0.323. The van der Waals surface area contributed by atoms with Crippen LogP contribution < -0.4 is 15.4 Å². The van der Waals surface area contributed by atoms with Gasteiger partial charge in [0.15, 0.2) is 0 Å². The molecule has 0 spiro atoms. The molecule has 0 amide bonds. The van der Waals surface area contributed by atoms with Gasteiger partial charge in [-0.05, 0) is 49.2 Å². The van der Waals surface area contributed by atoms with E-state index in [1.54, 1.807) is 20.4 Å². The number of rotatable bonds is 6. The van der Waals surface area contributed by atoms with Crippen molar-refractivity contribution in [3.05, 3.63) is 66.0 Å². The zero-order chi connectivity index (χ0) is 22.9. The molecule has 9 heteroatoms. The van der Waals surface area contributed by atoms with Crippen LogP contribution in [-0.4, -0.2) is 38.7 Å². The van der Waals surface area contributed by atoms with Crippen molar-refractivity contribution in [3.8, 4) is 28.5 Å². The average molecular weight is 441 g/mol. The zero-order valence-corrected chi connectivity index (χ0v) is 18.7. The van der Waals surface area contributed by atoms with Gasteiger partial charge in [0.25, 0.3) is 5.89 Å². The van der Waals surface area contributed by atoms with Crippen LogP contribution in [0.1, 0.15) is 11.1 Å². The molecule has 0 aliphatic carbocycles. The highest BCUT2D eigenvalue weighted by atomic mass is 16.5. The first-order valence-corrected chi connectivity index (χ1v) is 10.5. The first-order valence-electron chi connectivity index (χ1n) is 10.5. The maximum absolute atomic E-state index is 5.79. The fourth-order valence-corrected chi connectivity index (χ4v) is 3.79. The molecule has 5 rings (SSSR count). The fourth-order valence-electron chi connectivity index (χ4n) is 3.79. The monoisotopic (exact) mass is 441 g/mol. The van der Waals surface area contributed by atoms with Crippen LogP contribution in [0.25, 0.3) is 28.5 Å². The van der Waals surface area contributed by atoms with Crippen molar-refractivity contribution in [1.29, 1.82) is 0 Å². The van der Waals surface area contributed by atoms with Crippen LogP contribution in [0, 0.1) is 13.8 Å². The molecule has 0 unspecified atom stereocenters. The van der Waals surface area contributed by atoms with Gasteiger partial charge in [0.05, 0.1) is 12.7 Å². The van der Waals surface area contributed by atoms with Gasteiger partial charge in [0.1, 0.15) is 17.3 Å². The van der Waals surface area contributed by atoms with E-state index < -0.39 is 0 Å². The Morgan fingerprint density at radius 2 is 1.82 bits per heavy atom. The molecule has 0 fully saturated rings. The zero-order valence-electron chi connectivity index (χ0n) is 18.7. The predicted octanol–water partition coefficient (Wildman–Crippen LogP) is 4.86. The number of imidazole rings is 1. The molecule has 0 radical (unpaired) electrons. The second-order valence-electron chi connectivity index (χ2n) is 7.56. The van der Waals surface area contributed by atoms with Crippen molar-refractivity contribution in [2.75, 3.05) is 24.8 Å². The lowest BCUT2D eigenvalue weighted by molar-refractivity contribution is 0.415. The van der Waals surface area contributed by atoms with Crippen LogP contribution in [0.5, 0.6) is 5.75 Å². The number of benzene rings is 2. The Hall–Kier alpha value is -4.40. The summed E-state index contributed by atoms with van der Waals surface area (Å²) in [6.45, 7) is 4.15. The molecule has 2 aromatic carbocycles. The van der Waals surface area contributed by atoms with Gasteiger partial charge in [-0.2, -0.15) is 0 Å². The van der Waals surface area contributed by atoms with Gasteiger partial charge in [0.2, 0.25) is 5.78 Å². The SMILES string of the molecule is CNc1nnc(-c2cc(OC)ccc2-c2nc3ncccn3c2Nc2c(C)cccc2C)o1. The molecule has 0 atom stereocenters. The summed E-state index contributed by atoms with van der Waals surface area (Å²) in [4.78, 5) is 9.30. The quantitative estimate of drug-likeness (QED) is 0.385. The van der Waals surface area contributed by atoms with E-state index in [0.29, 0.717) is 34.7 Å². The molecule has 5 aromatic rings. The van der Waals surface area contributed by atoms with Crippen LogP contribution >= 0.6 is 0 Å². The molecule has 0 aliphatic rings. The molecule has 0 saturated carbocycles. The first kappa shape index (κ1) is 20.5. The van der Waals surface area contributed by atoms with Crippen molar-refractivity contribution in [3.63, 3.8) is 0 Å². The molecule has 3 heterocycles. The Morgan fingerprint density at radius 3 is 2.55 bits per heavy atom. The minimum absolute atomic E-state index is 0.323. The summed E-state index contributed by atoms with van der Waals surface area (Å²) in [7, 11) is 3.35. The van der Waals surface area contributed by atoms with E-state index in [9.17, 15) is 0 Å². The Morgan fingerprint density at radius 1 is 1.00 bits per heavy atom. The summed E-state index contributed by atoms with van der Waals surface area (Å²) in [5, 5.41) is 14.7. The summed E-state index contributed by atoms with van der Waals surface area (Å²) >= 11 is 0. The lowest BCUT2D eigenvalue weighted by Crippen LogP contribution is -2.01. The summed E-state index contributed by atoms with van der Waals surface area (Å²) in [5.41, 5.74) is 5.50. The molecule has 33 heavy (non-hydrogen) atoms. The van der Waals surface area contributed by atoms with Crippen LogP contribution in [-0.2, 0) is 0 Å². The summed E-state index contributed by atoms with van der Waals surface area (Å²) in [6, 6.07) is 14.1. The van der Waals surface area contributed by atoms with E-state index in [1.165, 1.54) is 0 Å². The lowest BCUT2D eigenvalue weighted by Gasteiger charge is -2.15. The van der Waals surface area contributed by atoms with E-state index in [0.717, 1.165) is 28.2 Å². The standard InChI is InChI=1S/C24H23N7O2/c1-14-7-5-8-15(2)19(14)27-21-20(28-23-26-11-6-12-31(21)23)17-10-9-16(32-4)13-18(17)22-29-30-24(25-3)33-22/h5-13,27H,1-4H3,(H,25,30). The van der Waals surface area contributed by atoms with Gasteiger partial charge in [-0.3, -0.25) is 4.40 Å². The molecule has 9 nitrogen and oxygen atoms in total. The highest BCUT2D eigenvalue weighted by Crippen LogP contribution is 2.39. The highest BCUT2D eigenvalue weighted by molar-refractivity contribution is 5.88. The summed E-state index contributed by atoms with van der Waals surface area (Å²) in [6.07, 6.45) is 3.66. The van der Waals surface area contributed by atoms with Crippen molar-refractivity contribution in [2.24, 2.45) is 0 Å². The van der Waals surface area contributed by atoms with Crippen LogP contribution in [0.15, 0.2) is 59.3 Å². The van der Waals surface area contributed by atoms with Gasteiger partial charge >= 0.3 is 6.01 Å². The second kappa shape index (κ2) is 8.27. The van der Waals surface area contributed by atoms with E-state index in [1.807, 2.05) is 40.9 Å². The molecular formula is C24H23N7O2. The van der Waals surface area contributed by atoms with Crippen molar-refractivity contribution >= 4 is 23.3 Å². The highest BCUT2D eigenvalue weighted by Gasteiger charge is 2.22. The molecule has 3 aromatic heterocycles. The Bertz CT molecular complexity index is 1430. The second-order valence-corrected chi connectivity index (χ2v) is 7.56. The molecule has 0 saturated heterocycles. The van der Waals surface area contributed by atoms with Crippen LogP contribution in [0.3, 0.4) is 0 Å². The van der Waals surface area contributed by atoms with Gasteiger partial charge in [-0.1, -0.05) is 23.3 Å². The molecule has 2 N–H and O–H groups in total. The number of nitrogens with zero attached hydrogens (tertiary/aromatic N) is 5. The topological polar surface area (TPSA) is 102 Å². The maximum Gasteiger partial charge on any atom is 0.315 e. The number of hydrogen-bond donors (Lipinski definition) is 2. The van der Waals surface area contributed by atoms with Crippen LogP contribution in [0.2, 0.25) is 0 Å². The smallest absolute Gasteiger partial charge is 0.315 e. The van der Waals surface area contributed by atoms with Crippen LogP contribution in [0.4, 0.5) is 17.5 Å². The Labute approximate surface area is 190 Å². The maximum atomic E-state index is 5.79. The summed E-state index contributed by atoms with van der Waals surface area (Å²) < 4.78 is 13.2. The van der Waals surface area contributed by atoms with Crippen molar-refractivity contribution in [2.45, 2.75) is 13.8 Å². The third-order valence-corrected chi connectivity index (χ3v) is 5.48. The number of nitrogens with one attached hydrogen (secondary N) is 2. The molecule has 0 aliphatic heterocycles. The number of ether oxygens (including phenoxy) is 1. The molecule has 166 valence electrons. The molecular weight excluding hydrogens is 418 g/mol. The van der Waals surface area contributed by atoms with Gasteiger partial charge < -0.3 is 19.8 Å². The minimum Gasteiger partial charge on any atom is -0.497 e.